The number of rotatable bonds is 7. The lowest BCUT2D eigenvalue weighted by atomic mass is 10.1. The van der Waals surface area contributed by atoms with Gasteiger partial charge >= 0.3 is 5.97 Å². The molecule has 0 bridgehead atoms. The number of esters is 1. The molecule has 1 rings (SSSR count). The number of carbonyl (C=O) groups excluding carboxylic acids is 1. The molecule has 1 aliphatic rings. The van der Waals surface area contributed by atoms with Gasteiger partial charge in [0.25, 0.3) is 0 Å². The Kier molecular flexibility index (Phi) is 6.22. The van der Waals surface area contributed by atoms with E-state index in [0.717, 1.165) is 12.8 Å². The molecule has 0 amide bonds. The highest BCUT2D eigenvalue weighted by Crippen LogP contribution is 2.25. The summed E-state index contributed by atoms with van der Waals surface area (Å²) in [6, 6.07) is -0.146. The van der Waals surface area contributed by atoms with Crippen LogP contribution < -0.4 is 0 Å². The molecule has 0 aliphatic carbocycles. The first-order chi connectivity index (χ1) is 8.86. The van der Waals surface area contributed by atoms with Crippen molar-refractivity contribution >= 4 is 16.0 Å². The van der Waals surface area contributed by atoms with Crippen LogP contribution in [-0.2, 0) is 19.6 Å². The quantitative estimate of drug-likeness (QED) is 0.691. The van der Waals surface area contributed by atoms with Gasteiger partial charge in [-0.05, 0) is 33.1 Å². The van der Waals surface area contributed by atoms with Gasteiger partial charge in [-0.25, -0.2) is 8.42 Å². The summed E-state index contributed by atoms with van der Waals surface area (Å²) in [5, 5.41) is 9.39. The molecule has 1 heterocycles. The molecular weight excluding hydrogens is 270 g/mol. The molecule has 0 aromatic carbocycles. The largest absolute Gasteiger partial charge is 0.466 e. The molecular formula is C12H23NO5S. The third-order valence-corrected chi connectivity index (χ3v) is 5.08. The molecule has 7 heteroatoms. The number of ether oxygens (including phenoxy) is 1. The first-order valence-corrected chi connectivity index (χ1v) is 8.31. The molecule has 0 spiro atoms. The highest BCUT2D eigenvalue weighted by molar-refractivity contribution is 7.89. The molecule has 6 nitrogen and oxygen atoms in total. The summed E-state index contributed by atoms with van der Waals surface area (Å²) in [6.07, 6.45) is 1.37. The maximum atomic E-state index is 12.2. The monoisotopic (exact) mass is 293 g/mol. The number of hydrogen-bond donors (Lipinski definition) is 1. The van der Waals surface area contributed by atoms with Gasteiger partial charge in [-0.15, -0.1) is 0 Å². The highest BCUT2D eigenvalue weighted by Gasteiger charge is 2.34. The van der Waals surface area contributed by atoms with Crippen LogP contribution in [0.1, 0.15) is 39.5 Å². The second-order valence-electron chi connectivity index (χ2n) is 4.86. The smallest absolute Gasteiger partial charge is 0.306 e. The molecule has 2 atom stereocenters. The minimum absolute atomic E-state index is 0.117. The van der Waals surface area contributed by atoms with E-state index in [1.54, 1.807) is 13.8 Å². The van der Waals surface area contributed by atoms with Crippen molar-refractivity contribution < 1.29 is 23.1 Å². The van der Waals surface area contributed by atoms with Crippen molar-refractivity contribution in [2.45, 2.75) is 51.7 Å². The van der Waals surface area contributed by atoms with Crippen LogP contribution in [0.4, 0.5) is 0 Å². The Morgan fingerprint density at radius 2 is 2.21 bits per heavy atom. The van der Waals surface area contributed by atoms with Crippen LogP contribution in [0.25, 0.3) is 0 Å². The molecule has 112 valence electrons. The van der Waals surface area contributed by atoms with Crippen molar-refractivity contribution in [1.29, 1.82) is 0 Å². The van der Waals surface area contributed by atoms with Crippen LogP contribution in [-0.4, -0.2) is 54.8 Å². The van der Waals surface area contributed by atoms with Crippen molar-refractivity contribution in [3.8, 4) is 0 Å². The van der Waals surface area contributed by atoms with E-state index in [1.807, 2.05) is 0 Å². The highest BCUT2D eigenvalue weighted by atomic mass is 32.2. The minimum atomic E-state index is -3.45. The molecule has 0 aromatic heterocycles. The molecule has 1 aliphatic heterocycles. The van der Waals surface area contributed by atoms with E-state index in [2.05, 4.69) is 0 Å². The van der Waals surface area contributed by atoms with E-state index in [0.29, 0.717) is 13.0 Å². The van der Waals surface area contributed by atoms with Crippen molar-refractivity contribution in [3.63, 3.8) is 0 Å². The van der Waals surface area contributed by atoms with E-state index in [1.165, 1.54) is 4.31 Å². The first kappa shape index (κ1) is 16.4. The van der Waals surface area contributed by atoms with Crippen LogP contribution in [0, 0.1) is 0 Å². The molecule has 0 aromatic rings. The second-order valence-corrected chi connectivity index (χ2v) is 6.90. The standard InChI is InChI=1S/C12H23NO5S/c1-3-18-12(15)6-8-19(16,17)13-7-4-5-11(13)9-10(2)14/h10-11,14H,3-9H2,1-2H3. The third-order valence-electron chi connectivity index (χ3n) is 3.16. The van der Waals surface area contributed by atoms with E-state index in [-0.39, 0.29) is 24.8 Å². The fraction of sp³-hybridized carbons (Fsp3) is 0.917. The number of aliphatic hydroxyl groups excluding tert-OH is 1. The van der Waals surface area contributed by atoms with Crippen LogP contribution in [0.15, 0.2) is 0 Å². The summed E-state index contributed by atoms with van der Waals surface area (Å²) in [7, 11) is -3.45. The summed E-state index contributed by atoms with van der Waals surface area (Å²) in [5.41, 5.74) is 0. The van der Waals surface area contributed by atoms with Gasteiger partial charge in [-0.1, -0.05) is 0 Å². The summed E-state index contributed by atoms with van der Waals surface area (Å²) in [5.74, 6) is -0.709. The third kappa shape index (κ3) is 5.08. The number of aliphatic hydroxyl groups is 1. The van der Waals surface area contributed by atoms with Gasteiger partial charge in [0.2, 0.25) is 10.0 Å². The molecule has 0 saturated carbocycles. The number of sulfonamides is 1. The van der Waals surface area contributed by atoms with Gasteiger partial charge in [-0.3, -0.25) is 4.79 Å². The van der Waals surface area contributed by atoms with Gasteiger partial charge in [0.15, 0.2) is 0 Å². The Morgan fingerprint density at radius 1 is 1.53 bits per heavy atom. The number of carbonyl (C=O) groups is 1. The zero-order valence-corrected chi connectivity index (χ0v) is 12.4. The number of hydrogen-bond acceptors (Lipinski definition) is 5. The van der Waals surface area contributed by atoms with E-state index >= 15 is 0 Å². The molecule has 1 saturated heterocycles. The van der Waals surface area contributed by atoms with E-state index < -0.39 is 22.1 Å². The molecule has 2 unspecified atom stereocenters. The van der Waals surface area contributed by atoms with Crippen LogP contribution >= 0.6 is 0 Å². The lowest BCUT2D eigenvalue weighted by Crippen LogP contribution is -2.39. The fourth-order valence-corrected chi connectivity index (χ4v) is 4.08. The first-order valence-electron chi connectivity index (χ1n) is 6.70. The van der Waals surface area contributed by atoms with Gasteiger partial charge in [0.05, 0.1) is 24.9 Å². The Balaban J connectivity index is 2.58. The Bertz CT molecular complexity index is 393. The summed E-state index contributed by atoms with van der Waals surface area (Å²) in [6.45, 7) is 4.07. The predicted molar refractivity (Wildman–Crippen MR) is 71.1 cm³/mol. The maximum Gasteiger partial charge on any atom is 0.306 e. The minimum Gasteiger partial charge on any atom is -0.466 e. The average Bonchev–Trinajstić information content (AvgIpc) is 2.75. The fourth-order valence-electron chi connectivity index (χ4n) is 2.37. The Morgan fingerprint density at radius 3 is 2.79 bits per heavy atom. The lowest BCUT2D eigenvalue weighted by molar-refractivity contribution is -0.142. The van der Waals surface area contributed by atoms with Crippen LogP contribution in [0.5, 0.6) is 0 Å². The van der Waals surface area contributed by atoms with Gasteiger partial charge < -0.3 is 9.84 Å². The predicted octanol–water partition coefficient (Wildman–Crippen LogP) is 0.505. The van der Waals surface area contributed by atoms with E-state index in [4.69, 9.17) is 4.74 Å². The second kappa shape index (κ2) is 7.21. The van der Waals surface area contributed by atoms with Crippen molar-refractivity contribution in [2.75, 3.05) is 18.9 Å². The maximum absolute atomic E-state index is 12.2. The zero-order chi connectivity index (χ0) is 14.5. The van der Waals surface area contributed by atoms with E-state index in [9.17, 15) is 18.3 Å². The van der Waals surface area contributed by atoms with Gasteiger partial charge in [-0.2, -0.15) is 4.31 Å². The van der Waals surface area contributed by atoms with Crippen molar-refractivity contribution in [3.05, 3.63) is 0 Å². The van der Waals surface area contributed by atoms with Crippen molar-refractivity contribution in [2.24, 2.45) is 0 Å². The Labute approximate surface area is 114 Å². The zero-order valence-electron chi connectivity index (χ0n) is 11.5. The Hall–Kier alpha value is -0.660. The summed E-state index contributed by atoms with van der Waals surface area (Å²) in [4.78, 5) is 11.2. The lowest BCUT2D eigenvalue weighted by Gasteiger charge is -2.24. The number of nitrogens with zero attached hydrogens (tertiary/aromatic N) is 1. The summed E-state index contributed by atoms with van der Waals surface area (Å²) < 4.78 is 30.5. The average molecular weight is 293 g/mol. The van der Waals surface area contributed by atoms with Crippen LogP contribution in [0.2, 0.25) is 0 Å². The summed E-state index contributed by atoms with van der Waals surface area (Å²) >= 11 is 0. The normalized spacial score (nSPS) is 22.4. The van der Waals surface area contributed by atoms with Gasteiger partial charge in [0, 0.05) is 12.6 Å². The van der Waals surface area contributed by atoms with Gasteiger partial charge in [0.1, 0.15) is 0 Å². The topological polar surface area (TPSA) is 83.9 Å². The molecule has 0 radical (unpaired) electrons. The molecule has 19 heavy (non-hydrogen) atoms. The molecule has 1 fully saturated rings. The van der Waals surface area contributed by atoms with Crippen molar-refractivity contribution in [1.82, 2.24) is 4.31 Å². The van der Waals surface area contributed by atoms with Crippen LogP contribution in [0.3, 0.4) is 0 Å². The molecule has 1 N–H and O–H groups in total. The SMILES string of the molecule is CCOC(=O)CCS(=O)(=O)N1CCCC1CC(C)O.